The molecule has 5 heteroatoms. The van der Waals surface area contributed by atoms with Crippen LogP contribution in [0.25, 0.3) is 0 Å². The summed E-state index contributed by atoms with van der Waals surface area (Å²) in [5.41, 5.74) is 9.12. The van der Waals surface area contributed by atoms with Crippen LogP contribution in [0.3, 0.4) is 0 Å². The molecule has 3 N–H and O–H groups in total. The summed E-state index contributed by atoms with van der Waals surface area (Å²) in [6.07, 6.45) is 0. The molecule has 0 atom stereocenters. The van der Waals surface area contributed by atoms with Crippen LogP contribution < -0.4 is 11.1 Å². The minimum Gasteiger partial charge on any atom is -0.384 e. The fourth-order valence-corrected chi connectivity index (χ4v) is 1.78. The minimum absolute atomic E-state index is 0.340. The van der Waals surface area contributed by atoms with Gasteiger partial charge < -0.3 is 15.8 Å². The summed E-state index contributed by atoms with van der Waals surface area (Å²) in [6.45, 7) is 4.43. The van der Waals surface area contributed by atoms with Gasteiger partial charge in [-0.05, 0) is 31.0 Å². The molecule has 0 fully saturated rings. The zero-order chi connectivity index (χ0) is 13.8. The molecular formula is C14H18N4O. The molecule has 0 aliphatic heterocycles. The van der Waals surface area contributed by atoms with Crippen molar-refractivity contribution < 1.29 is 4.74 Å². The summed E-state index contributed by atoms with van der Waals surface area (Å²) >= 11 is 0. The highest BCUT2D eigenvalue weighted by atomic mass is 16.5. The average molecular weight is 258 g/mol. The van der Waals surface area contributed by atoms with E-state index in [1.54, 1.807) is 13.2 Å². The lowest BCUT2D eigenvalue weighted by molar-refractivity contribution is 0.178. The van der Waals surface area contributed by atoms with Gasteiger partial charge in [0.05, 0.1) is 0 Å². The molecule has 2 rings (SSSR count). The number of anilines is 3. The van der Waals surface area contributed by atoms with Crippen LogP contribution >= 0.6 is 0 Å². The first kappa shape index (κ1) is 13.3. The van der Waals surface area contributed by atoms with E-state index in [0.717, 1.165) is 11.3 Å². The molecule has 19 heavy (non-hydrogen) atoms. The monoisotopic (exact) mass is 258 g/mol. The van der Waals surface area contributed by atoms with E-state index in [0.29, 0.717) is 24.1 Å². The molecule has 0 aliphatic carbocycles. The second kappa shape index (κ2) is 5.67. The Morgan fingerprint density at radius 1 is 1.21 bits per heavy atom. The summed E-state index contributed by atoms with van der Waals surface area (Å²) < 4.78 is 5.02. The number of rotatable bonds is 4. The number of nitrogens with zero attached hydrogens (tertiary/aromatic N) is 2. The van der Waals surface area contributed by atoms with Gasteiger partial charge in [0.2, 0.25) is 0 Å². The molecular weight excluding hydrogens is 240 g/mol. The minimum atomic E-state index is 0.340. The smallest absolute Gasteiger partial charge is 0.158 e. The number of hydrogen-bond donors (Lipinski definition) is 2. The topological polar surface area (TPSA) is 73.1 Å². The molecule has 1 heterocycles. The molecule has 0 radical (unpaired) electrons. The van der Waals surface area contributed by atoms with Crippen LogP contribution in [0.1, 0.15) is 17.0 Å². The van der Waals surface area contributed by atoms with Crippen molar-refractivity contribution >= 4 is 17.3 Å². The Kier molecular flexibility index (Phi) is 3.97. The third kappa shape index (κ3) is 3.42. The highest BCUT2D eigenvalue weighted by molar-refractivity contribution is 5.62. The van der Waals surface area contributed by atoms with E-state index >= 15 is 0 Å². The van der Waals surface area contributed by atoms with Crippen LogP contribution in [-0.2, 0) is 11.3 Å². The van der Waals surface area contributed by atoms with Crippen molar-refractivity contribution in [3.63, 3.8) is 0 Å². The first-order valence-corrected chi connectivity index (χ1v) is 6.05. The SMILES string of the molecule is COCc1nc(N)cc(Nc2cc(C)ccc2C)n1. The van der Waals surface area contributed by atoms with Crippen LogP contribution in [0, 0.1) is 13.8 Å². The lowest BCUT2D eigenvalue weighted by Gasteiger charge is -2.11. The molecule has 0 unspecified atom stereocenters. The van der Waals surface area contributed by atoms with Gasteiger partial charge in [-0.15, -0.1) is 0 Å². The van der Waals surface area contributed by atoms with Crippen LogP contribution in [0.15, 0.2) is 24.3 Å². The van der Waals surface area contributed by atoms with Crippen molar-refractivity contribution in [3.8, 4) is 0 Å². The van der Waals surface area contributed by atoms with Gasteiger partial charge in [0.1, 0.15) is 18.2 Å². The number of nitrogen functional groups attached to an aromatic ring is 1. The van der Waals surface area contributed by atoms with Crippen LogP contribution in [0.2, 0.25) is 0 Å². The first-order valence-electron chi connectivity index (χ1n) is 6.05. The lowest BCUT2D eigenvalue weighted by atomic mass is 10.1. The van der Waals surface area contributed by atoms with E-state index in [1.807, 2.05) is 6.92 Å². The molecule has 100 valence electrons. The molecule has 1 aromatic heterocycles. The predicted octanol–water partition coefficient (Wildman–Crippen LogP) is 2.57. The molecule has 5 nitrogen and oxygen atoms in total. The zero-order valence-corrected chi connectivity index (χ0v) is 11.4. The van der Waals surface area contributed by atoms with Gasteiger partial charge in [0, 0.05) is 18.9 Å². The lowest BCUT2D eigenvalue weighted by Crippen LogP contribution is -2.05. The van der Waals surface area contributed by atoms with Gasteiger partial charge in [0.25, 0.3) is 0 Å². The number of ether oxygens (including phenoxy) is 1. The maximum absolute atomic E-state index is 5.76. The van der Waals surface area contributed by atoms with E-state index in [-0.39, 0.29) is 0 Å². The van der Waals surface area contributed by atoms with E-state index in [9.17, 15) is 0 Å². The van der Waals surface area contributed by atoms with E-state index < -0.39 is 0 Å². The Morgan fingerprint density at radius 3 is 2.74 bits per heavy atom. The summed E-state index contributed by atoms with van der Waals surface area (Å²) in [4.78, 5) is 8.47. The molecule has 0 amide bonds. The third-order valence-electron chi connectivity index (χ3n) is 2.72. The standard InChI is InChI=1S/C14H18N4O/c1-9-4-5-10(2)11(6-9)16-13-7-12(15)17-14(18-13)8-19-3/h4-7H,8H2,1-3H3,(H3,15,16,17,18). The van der Waals surface area contributed by atoms with E-state index in [4.69, 9.17) is 10.5 Å². The van der Waals surface area contributed by atoms with Crippen LogP contribution in [0.5, 0.6) is 0 Å². The Bertz CT molecular complexity index is 584. The van der Waals surface area contributed by atoms with Gasteiger partial charge in [-0.2, -0.15) is 0 Å². The van der Waals surface area contributed by atoms with Crippen molar-refractivity contribution in [1.82, 2.24) is 9.97 Å². The molecule has 0 bridgehead atoms. The zero-order valence-electron chi connectivity index (χ0n) is 11.4. The van der Waals surface area contributed by atoms with Crippen LogP contribution in [-0.4, -0.2) is 17.1 Å². The van der Waals surface area contributed by atoms with Crippen molar-refractivity contribution in [3.05, 3.63) is 41.2 Å². The number of methoxy groups -OCH3 is 1. The number of aromatic nitrogens is 2. The van der Waals surface area contributed by atoms with Crippen molar-refractivity contribution in [1.29, 1.82) is 0 Å². The molecule has 1 aromatic carbocycles. The maximum Gasteiger partial charge on any atom is 0.158 e. The maximum atomic E-state index is 5.76. The Balaban J connectivity index is 2.29. The third-order valence-corrected chi connectivity index (χ3v) is 2.72. The van der Waals surface area contributed by atoms with Gasteiger partial charge in [-0.1, -0.05) is 12.1 Å². The number of nitrogens with one attached hydrogen (secondary N) is 1. The summed E-state index contributed by atoms with van der Waals surface area (Å²) in [6, 6.07) is 7.92. The first-order chi connectivity index (χ1) is 9.08. The van der Waals surface area contributed by atoms with Crippen molar-refractivity contribution in [2.45, 2.75) is 20.5 Å². The predicted molar refractivity (Wildman–Crippen MR) is 76.4 cm³/mol. The Morgan fingerprint density at radius 2 is 2.00 bits per heavy atom. The summed E-state index contributed by atoms with van der Waals surface area (Å²) in [5.74, 6) is 1.67. The fourth-order valence-electron chi connectivity index (χ4n) is 1.78. The largest absolute Gasteiger partial charge is 0.384 e. The normalized spacial score (nSPS) is 10.5. The highest BCUT2D eigenvalue weighted by Crippen LogP contribution is 2.21. The van der Waals surface area contributed by atoms with Gasteiger partial charge >= 0.3 is 0 Å². The Hall–Kier alpha value is -2.14. The fraction of sp³-hybridized carbons (Fsp3) is 0.286. The summed E-state index contributed by atoms with van der Waals surface area (Å²) in [5, 5.41) is 3.27. The van der Waals surface area contributed by atoms with Crippen molar-refractivity contribution in [2.24, 2.45) is 0 Å². The van der Waals surface area contributed by atoms with Crippen LogP contribution in [0.4, 0.5) is 17.3 Å². The number of aryl methyl sites for hydroxylation is 2. The van der Waals surface area contributed by atoms with E-state index in [1.165, 1.54) is 5.56 Å². The van der Waals surface area contributed by atoms with Gasteiger partial charge in [-0.25, -0.2) is 9.97 Å². The molecule has 2 aromatic rings. The molecule has 0 saturated heterocycles. The van der Waals surface area contributed by atoms with E-state index in [2.05, 4.69) is 40.4 Å². The quantitative estimate of drug-likeness (QED) is 0.881. The number of nitrogens with two attached hydrogens (primary N) is 1. The van der Waals surface area contributed by atoms with Gasteiger partial charge in [0.15, 0.2) is 5.82 Å². The number of benzene rings is 1. The average Bonchev–Trinajstić information content (AvgIpc) is 2.33. The molecule has 0 aliphatic rings. The second-order valence-corrected chi connectivity index (χ2v) is 4.47. The van der Waals surface area contributed by atoms with Crippen molar-refractivity contribution in [2.75, 3.05) is 18.2 Å². The molecule has 0 saturated carbocycles. The highest BCUT2D eigenvalue weighted by Gasteiger charge is 2.05. The summed E-state index contributed by atoms with van der Waals surface area (Å²) in [7, 11) is 1.60. The molecule has 0 spiro atoms. The second-order valence-electron chi connectivity index (χ2n) is 4.47. The van der Waals surface area contributed by atoms with Gasteiger partial charge in [-0.3, -0.25) is 0 Å². The Labute approximate surface area is 112 Å². The number of hydrogen-bond acceptors (Lipinski definition) is 5.